The Morgan fingerprint density at radius 1 is 1.32 bits per heavy atom. The Morgan fingerprint density at radius 3 is 2.95 bits per heavy atom. The van der Waals surface area contributed by atoms with Gasteiger partial charge in [-0.05, 0) is 19.3 Å². The first-order valence-corrected chi connectivity index (χ1v) is 7.05. The van der Waals surface area contributed by atoms with Crippen LogP contribution >= 0.6 is 0 Å². The molecule has 1 aliphatic carbocycles. The minimum atomic E-state index is 0.644. The SMILES string of the molecule is CCNc1nc(NCCC2CCC2)c2cn[nH]c2n1. The van der Waals surface area contributed by atoms with Crippen LogP contribution in [0.4, 0.5) is 11.8 Å². The monoisotopic (exact) mass is 260 g/mol. The number of aromatic nitrogens is 4. The molecule has 0 spiro atoms. The fourth-order valence-electron chi connectivity index (χ4n) is 2.38. The molecule has 1 fully saturated rings. The van der Waals surface area contributed by atoms with Gasteiger partial charge in [-0.15, -0.1) is 0 Å². The summed E-state index contributed by atoms with van der Waals surface area (Å²) >= 11 is 0. The van der Waals surface area contributed by atoms with E-state index in [0.717, 1.165) is 35.9 Å². The van der Waals surface area contributed by atoms with Gasteiger partial charge in [0, 0.05) is 13.1 Å². The van der Waals surface area contributed by atoms with Gasteiger partial charge in [0.2, 0.25) is 5.95 Å². The summed E-state index contributed by atoms with van der Waals surface area (Å²) in [5.74, 6) is 2.42. The van der Waals surface area contributed by atoms with Gasteiger partial charge >= 0.3 is 0 Å². The van der Waals surface area contributed by atoms with Crippen molar-refractivity contribution in [3.8, 4) is 0 Å². The molecule has 2 aromatic rings. The quantitative estimate of drug-likeness (QED) is 0.743. The standard InChI is InChI=1S/C13H20N6/c1-2-14-13-17-11(10-8-16-19-12(10)18-13)15-7-6-9-4-3-5-9/h8-9H,2-7H2,1H3,(H3,14,15,16,17,18,19). The summed E-state index contributed by atoms with van der Waals surface area (Å²) in [6, 6.07) is 0. The molecule has 1 aliphatic rings. The lowest BCUT2D eigenvalue weighted by Gasteiger charge is -2.25. The Bertz CT molecular complexity index is 545. The van der Waals surface area contributed by atoms with Crippen LogP contribution in [0.2, 0.25) is 0 Å². The zero-order chi connectivity index (χ0) is 13.1. The number of nitrogens with one attached hydrogen (secondary N) is 3. The molecule has 3 N–H and O–H groups in total. The maximum absolute atomic E-state index is 4.51. The normalized spacial score (nSPS) is 15.4. The van der Waals surface area contributed by atoms with Gasteiger partial charge in [-0.25, -0.2) is 0 Å². The first-order chi connectivity index (χ1) is 9.36. The predicted molar refractivity (Wildman–Crippen MR) is 76.3 cm³/mol. The summed E-state index contributed by atoms with van der Waals surface area (Å²) in [6.45, 7) is 3.80. The second-order valence-corrected chi connectivity index (χ2v) is 5.07. The second-order valence-electron chi connectivity index (χ2n) is 5.07. The van der Waals surface area contributed by atoms with E-state index in [9.17, 15) is 0 Å². The van der Waals surface area contributed by atoms with Crippen LogP contribution in [0, 0.1) is 5.92 Å². The molecule has 2 heterocycles. The van der Waals surface area contributed by atoms with Gasteiger partial charge in [0.25, 0.3) is 0 Å². The van der Waals surface area contributed by atoms with Crippen molar-refractivity contribution >= 4 is 22.8 Å². The van der Waals surface area contributed by atoms with E-state index in [1.54, 1.807) is 6.20 Å². The third-order valence-electron chi connectivity index (χ3n) is 3.71. The molecule has 2 aromatic heterocycles. The van der Waals surface area contributed by atoms with Gasteiger partial charge < -0.3 is 10.6 Å². The largest absolute Gasteiger partial charge is 0.369 e. The first kappa shape index (κ1) is 12.2. The molecule has 0 bridgehead atoms. The highest BCUT2D eigenvalue weighted by atomic mass is 15.2. The zero-order valence-corrected chi connectivity index (χ0v) is 11.2. The topological polar surface area (TPSA) is 78.5 Å². The summed E-state index contributed by atoms with van der Waals surface area (Å²) in [5, 5.41) is 14.5. The average Bonchev–Trinajstić information content (AvgIpc) is 2.80. The number of H-pyrrole nitrogens is 1. The number of aromatic amines is 1. The highest BCUT2D eigenvalue weighted by Crippen LogP contribution is 2.29. The molecular formula is C13H20N6. The van der Waals surface area contributed by atoms with E-state index in [1.165, 1.54) is 25.7 Å². The van der Waals surface area contributed by atoms with E-state index in [-0.39, 0.29) is 0 Å². The number of hydrogen-bond acceptors (Lipinski definition) is 5. The van der Waals surface area contributed by atoms with E-state index >= 15 is 0 Å². The van der Waals surface area contributed by atoms with Crippen molar-refractivity contribution in [3.05, 3.63) is 6.20 Å². The van der Waals surface area contributed by atoms with Crippen molar-refractivity contribution in [2.75, 3.05) is 23.7 Å². The highest BCUT2D eigenvalue weighted by Gasteiger charge is 2.17. The molecule has 0 radical (unpaired) electrons. The van der Waals surface area contributed by atoms with Crippen molar-refractivity contribution in [2.45, 2.75) is 32.6 Å². The number of fused-ring (bicyclic) bond motifs is 1. The zero-order valence-electron chi connectivity index (χ0n) is 11.2. The summed E-state index contributed by atoms with van der Waals surface area (Å²) in [4.78, 5) is 8.89. The molecule has 0 aliphatic heterocycles. The Labute approximate surface area is 112 Å². The van der Waals surface area contributed by atoms with Crippen LogP contribution in [0.25, 0.3) is 11.0 Å². The van der Waals surface area contributed by atoms with Crippen LogP contribution in [0.1, 0.15) is 32.6 Å². The molecule has 19 heavy (non-hydrogen) atoms. The molecule has 0 atom stereocenters. The molecule has 1 saturated carbocycles. The van der Waals surface area contributed by atoms with Crippen LogP contribution < -0.4 is 10.6 Å². The number of nitrogens with zero attached hydrogens (tertiary/aromatic N) is 3. The molecule has 0 amide bonds. The van der Waals surface area contributed by atoms with Crippen LogP contribution in [-0.4, -0.2) is 33.3 Å². The van der Waals surface area contributed by atoms with Gasteiger partial charge in [0.1, 0.15) is 5.82 Å². The first-order valence-electron chi connectivity index (χ1n) is 7.05. The fourth-order valence-corrected chi connectivity index (χ4v) is 2.38. The van der Waals surface area contributed by atoms with E-state index in [1.807, 2.05) is 6.92 Å². The highest BCUT2D eigenvalue weighted by molar-refractivity contribution is 5.86. The molecule has 6 heteroatoms. The minimum Gasteiger partial charge on any atom is -0.369 e. The van der Waals surface area contributed by atoms with Crippen LogP contribution in [0.15, 0.2) is 6.20 Å². The lowest BCUT2D eigenvalue weighted by molar-refractivity contribution is 0.303. The summed E-state index contributed by atoms with van der Waals surface area (Å²) in [7, 11) is 0. The second kappa shape index (κ2) is 5.42. The number of hydrogen-bond donors (Lipinski definition) is 3. The molecule has 102 valence electrons. The van der Waals surface area contributed by atoms with Crippen LogP contribution in [-0.2, 0) is 0 Å². The van der Waals surface area contributed by atoms with Crippen molar-refractivity contribution in [1.29, 1.82) is 0 Å². The number of anilines is 2. The third kappa shape index (κ3) is 2.62. The fraction of sp³-hybridized carbons (Fsp3) is 0.615. The average molecular weight is 260 g/mol. The molecule has 6 nitrogen and oxygen atoms in total. The van der Waals surface area contributed by atoms with Crippen molar-refractivity contribution in [2.24, 2.45) is 5.92 Å². The Hall–Kier alpha value is -1.85. The molecule has 3 rings (SSSR count). The van der Waals surface area contributed by atoms with Crippen molar-refractivity contribution in [3.63, 3.8) is 0 Å². The Kier molecular flexibility index (Phi) is 3.48. The van der Waals surface area contributed by atoms with Gasteiger partial charge in [-0.3, -0.25) is 5.10 Å². The van der Waals surface area contributed by atoms with Crippen molar-refractivity contribution < 1.29 is 0 Å². The smallest absolute Gasteiger partial charge is 0.226 e. The maximum atomic E-state index is 4.51. The minimum absolute atomic E-state index is 0.644. The van der Waals surface area contributed by atoms with Gasteiger partial charge in [-0.2, -0.15) is 15.1 Å². The van der Waals surface area contributed by atoms with Gasteiger partial charge in [0.15, 0.2) is 5.65 Å². The van der Waals surface area contributed by atoms with Gasteiger partial charge in [-0.1, -0.05) is 19.3 Å². The summed E-state index contributed by atoms with van der Waals surface area (Å²) in [5.41, 5.74) is 0.775. The summed E-state index contributed by atoms with van der Waals surface area (Å²) < 4.78 is 0. The lowest BCUT2D eigenvalue weighted by atomic mass is 9.83. The molecule has 0 saturated heterocycles. The van der Waals surface area contributed by atoms with E-state index < -0.39 is 0 Å². The summed E-state index contributed by atoms with van der Waals surface area (Å²) in [6.07, 6.45) is 7.16. The Balaban J connectivity index is 1.73. The molecule has 0 unspecified atom stereocenters. The van der Waals surface area contributed by atoms with Crippen LogP contribution in [0.5, 0.6) is 0 Å². The molecule has 0 aromatic carbocycles. The van der Waals surface area contributed by atoms with Crippen LogP contribution in [0.3, 0.4) is 0 Å². The van der Waals surface area contributed by atoms with E-state index in [4.69, 9.17) is 0 Å². The Morgan fingerprint density at radius 2 is 2.21 bits per heavy atom. The van der Waals surface area contributed by atoms with Gasteiger partial charge in [0.05, 0.1) is 11.6 Å². The van der Waals surface area contributed by atoms with Crippen molar-refractivity contribution in [1.82, 2.24) is 20.2 Å². The maximum Gasteiger partial charge on any atom is 0.226 e. The lowest BCUT2D eigenvalue weighted by Crippen LogP contribution is -2.16. The third-order valence-corrected chi connectivity index (χ3v) is 3.71. The number of rotatable bonds is 6. The van der Waals surface area contributed by atoms with E-state index in [0.29, 0.717) is 5.95 Å². The molecular weight excluding hydrogens is 240 g/mol. The predicted octanol–water partition coefficient (Wildman–Crippen LogP) is 2.39. The van der Waals surface area contributed by atoms with E-state index in [2.05, 4.69) is 30.8 Å².